The molecule has 34 heavy (non-hydrogen) atoms. The number of benzene rings is 1. The van der Waals surface area contributed by atoms with Gasteiger partial charge in [-0.2, -0.15) is 13.2 Å². The van der Waals surface area contributed by atoms with Gasteiger partial charge in [0.2, 0.25) is 5.91 Å². The maximum Gasteiger partial charge on any atom is 0.417 e. The predicted octanol–water partition coefficient (Wildman–Crippen LogP) is 3.79. The van der Waals surface area contributed by atoms with E-state index in [0.29, 0.717) is 24.0 Å². The Labute approximate surface area is 194 Å². The number of piperidine rings is 1. The monoisotopic (exact) mass is 478 g/mol. The van der Waals surface area contributed by atoms with Crippen LogP contribution in [0.1, 0.15) is 17.8 Å². The van der Waals surface area contributed by atoms with E-state index in [1.807, 2.05) is 11.9 Å². The largest absolute Gasteiger partial charge is 0.417 e. The second kappa shape index (κ2) is 9.71. The Morgan fingerprint density at radius 1 is 1.35 bits per heavy atom. The van der Waals surface area contributed by atoms with Crippen LogP contribution in [0.15, 0.2) is 36.9 Å². The zero-order chi connectivity index (χ0) is 24.5. The number of nitrogens with zero attached hydrogens (tertiary/aromatic N) is 2. The lowest BCUT2D eigenvalue weighted by molar-refractivity contribution is -0.130. The zero-order valence-corrected chi connectivity index (χ0v) is 18.7. The predicted molar refractivity (Wildman–Crippen MR) is 123 cm³/mol. The van der Waals surface area contributed by atoms with Crippen molar-refractivity contribution in [3.8, 4) is 0 Å². The molecule has 0 radical (unpaired) electrons. The van der Waals surface area contributed by atoms with Crippen LogP contribution in [0.2, 0.25) is 0 Å². The van der Waals surface area contributed by atoms with Gasteiger partial charge < -0.3 is 20.3 Å². The third-order valence-electron chi connectivity index (χ3n) is 5.98. The molecule has 0 spiro atoms. The maximum atomic E-state index is 14.6. The van der Waals surface area contributed by atoms with Crippen LogP contribution in [0.3, 0.4) is 0 Å². The highest BCUT2D eigenvalue weighted by Crippen LogP contribution is 2.37. The average molecular weight is 478 g/mol. The Kier molecular flexibility index (Phi) is 6.90. The Bertz CT molecular complexity index is 1120. The molecule has 1 amide bonds. The second-order valence-electron chi connectivity index (χ2n) is 8.64. The van der Waals surface area contributed by atoms with Gasteiger partial charge in [-0.05, 0) is 31.7 Å². The highest BCUT2D eigenvalue weighted by Gasteiger charge is 2.35. The summed E-state index contributed by atoms with van der Waals surface area (Å²) in [5.41, 5.74) is -0.585. The van der Waals surface area contributed by atoms with Crippen LogP contribution < -0.4 is 10.6 Å². The highest BCUT2D eigenvalue weighted by atomic mass is 19.4. The number of ether oxygens (including phenoxy) is 1. The summed E-state index contributed by atoms with van der Waals surface area (Å²) >= 11 is 0. The summed E-state index contributed by atoms with van der Waals surface area (Å²) in [4.78, 5) is 17.6. The second-order valence-corrected chi connectivity index (χ2v) is 8.64. The summed E-state index contributed by atoms with van der Waals surface area (Å²) in [5, 5.41) is 6.67. The molecule has 1 aromatic heterocycles. The number of nitrogens with one attached hydrogen (secondary N) is 2. The van der Waals surface area contributed by atoms with Gasteiger partial charge in [0.15, 0.2) is 0 Å². The number of rotatable bonds is 5. The van der Waals surface area contributed by atoms with Crippen LogP contribution in [0.25, 0.3) is 22.4 Å². The molecule has 2 aromatic rings. The van der Waals surface area contributed by atoms with Crippen molar-refractivity contribution < 1.29 is 27.1 Å². The van der Waals surface area contributed by atoms with E-state index in [9.17, 15) is 22.4 Å². The number of anilines is 1. The molecule has 6 nitrogen and oxygen atoms in total. The number of fused-ring (bicyclic) bond motifs is 1. The fourth-order valence-corrected chi connectivity index (χ4v) is 4.18. The van der Waals surface area contributed by atoms with Crippen LogP contribution in [-0.2, 0) is 9.53 Å². The van der Waals surface area contributed by atoms with Gasteiger partial charge in [0.05, 0.1) is 35.7 Å². The molecule has 3 heterocycles. The first-order valence-electron chi connectivity index (χ1n) is 11.0. The molecule has 2 saturated heterocycles. The summed E-state index contributed by atoms with van der Waals surface area (Å²) in [6, 6.07) is 5.65. The average Bonchev–Trinajstić information content (AvgIpc) is 2.78. The lowest BCUT2D eigenvalue weighted by Crippen LogP contribution is -2.46. The van der Waals surface area contributed by atoms with Gasteiger partial charge in [-0.25, -0.2) is 9.37 Å². The van der Waals surface area contributed by atoms with E-state index in [0.717, 1.165) is 0 Å². The smallest absolute Gasteiger partial charge is 0.379 e. The van der Waals surface area contributed by atoms with Crippen LogP contribution in [0, 0.1) is 0 Å². The Morgan fingerprint density at radius 3 is 2.85 bits per heavy atom. The van der Waals surface area contributed by atoms with Gasteiger partial charge in [-0.15, -0.1) is 0 Å². The Hall–Kier alpha value is -2.98. The third kappa shape index (κ3) is 5.39. The molecule has 2 aliphatic heterocycles. The first kappa shape index (κ1) is 24.2. The molecule has 0 saturated carbocycles. The summed E-state index contributed by atoms with van der Waals surface area (Å²) in [7, 11) is 1.85. The molecule has 1 unspecified atom stereocenters. The van der Waals surface area contributed by atoms with Gasteiger partial charge in [-0.3, -0.25) is 4.79 Å². The number of carbonyl (C=O) groups excluding carboxylic acids is 1. The molecule has 4 rings (SSSR count). The number of aromatic nitrogens is 1. The SMILES string of the molecule is C=C(c1nc(/C=C/C2COCC(=O)N2)cc2c(N[C@@H]3CCN(C)C[C@@H]3F)cccc12)C(F)(F)F. The van der Waals surface area contributed by atoms with E-state index in [1.165, 1.54) is 6.08 Å². The third-order valence-corrected chi connectivity index (χ3v) is 5.98. The number of morpholine rings is 1. The van der Waals surface area contributed by atoms with Crippen molar-refractivity contribution in [2.24, 2.45) is 0 Å². The molecule has 1 aromatic carbocycles. The van der Waals surface area contributed by atoms with Gasteiger partial charge in [0, 0.05) is 29.5 Å². The van der Waals surface area contributed by atoms with Gasteiger partial charge in [0.1, 0.15) is 12.8 Å². The molecule has 10 heteroatoms. The minimum atomic E-state index is -4.67. The Balaban J connectivity index is 1.74. The molecule has 2 N–H and O–H groups in total. The number of amides is 1. The van der Waals surface area contributed by atoms with E-state index >= 15 is 0 Å². The quantitative estimate of drug-likeness (QED) is 0.641. The number of alkyl halides is 4. The molecule has 2 fully saturated rings. The first-order chi connectivity index (χ1) is 16.1. The number of halogens is 4. The summed E-state index contributed by atoms with van der Waals surface area (Å²) in [6.07, 6.45) is -2.06. The van der Waals surface area contributed by atoms with Crippen molar-refractivity contribution in [2.45, 2.75) is 30.9 Å². The van der Waals surface area contributed by atoms with E-state index in [-0.39, 0.29) is 42.4 Å². The fraction of sp³-hybridized carbons (Fsp3) is 0.417. The number of allylic oxidation sites excluding steroid dienone is 1. The lowest BCUT2D eigenvalue weighted by atomic mass is 9.99. The Morgan fingerprint density at radius 2 is 2.15 bits per heavy atom. The van der Waals surface area contributed by atoms with Crippen LogP contribution in [-0.4, -0.2) is 73.6 Å². The summed E-state index contributed by atoms with van der Waals surface area (Å²) in [6.45, 7) is 4.45. The topological polar surface area (TPSA) is 66.5 Å². The van der Waals surface area contributed by atoms with E-state index in [2.05, 4.69) is 22.2 Å². The molecule has 3 atom stereocenters. The number of likely N-dealkylation sites (tertiary alicyclic amines) is 1. The van der Waals surface area contributed by atoms with E-state index in [1.54, 1.807) is 30.3 Å². The maximum absolute atomic E-state index is 14.6. The van der Waals surface area contributed by atoms with Crippen LogP contribution in [0.4, 0.5) is 23.2 Å². The molecular weight excluding hydrogens is 452 g/mol. The zero-order valence-electron chi connectivity index (χ0n) is 18.7. The minimum Gasteiger partial charge on any atom is -0.379 e. The fourth-order valence-electron chi connectivity index (χ4n) is 4.18. The lowest BCUT2D eigenvalue weighted by Gasteiger charge is -2.33. The van der Waals surface area contributed by atoms with Crippen molar-refractivity contribution in [2.75, 3.05) is 38.7 Å². The summed E-state index contributed by atoms with van der Waals surface area (Å²) < 4.78 is 60.6. The number of pyridine rings is 1. The molecule has 0 bridgehead atoms. The number of hydrogen-bond donors (Lipinski definition) is 2. The van der Waals surface area contributed by atoms with Gasteiger partial charge >= 0.3 is 6.18 Å². The summed E-state index contributed by atoms with van der Waals surface area (Å²) in [5.74, 6) is -0.274. The van der Waals surface area contributed by atoms with Gasteiger partial charge in [0.25, 0.3) is 0 Å². The molecular formula is C24H26F4N4O2. The molecule has 0 aliphatic carbocycles. The van der Waals surface area contributed by atoms with Crippen LogP contribution >= 0.6 is 0 Å². The molecule has 2 aliphatic rings. The normalized spacial score (nSPS) is 24.4. The van der Waals surface area contributed by atoms with E-state index in [4.69, 9.17) is 4.74 Å². The number of hydrogen-bond acceptors (Lipinski definition) is 5. The van der Waals surface area contributed by atoms with Crippen molar-refractivity contribution in [1.82, 2.24) is 15.2 Å². The van der Waals surface area contributed by atoms with Crippen molar-refractivity contribution in [3.63, 3.8) is 0 Å². The minimum absolute atomic E-state index is 0.0321. The molecule has 182 valence electrons. The van der Waals surface area contributed by atoms with Crippen molar-refractivity contribution in [3.05, 3.63) is 48.3 Å². The van der Waals surface area contributed by atoms with Crippen LogP contribution in [0.5, 0.6) is 0 Å². The first-order valence-corrected chi connectivity index (χ1v) is 11.0. The highest BCUT2D eigenvalue weighted by molar-refractivity contribution is 6.00. The van der Waals surface area contributed by atoms with Crippen molar-refractivity contribution in [1.29, 1.82) is 0 Å². The van der Waals surface area contributed by atoms with Gasteiger partial charge in [-0.1, -0.05) is 24.8 Å². The van der Waals surface area contributed by atoms with E-state index < -0.39 is 30.0 Å². The van der Waals surface area contributed by atoms with Crippen molar-refractivity contribution >= 4 is 34.0 Å². The standard InChI is InChI=1S/C24H26F4N4O2/c1-14(24(26,27)28)23-17-4-3-5-20(31-21-8-9-32(2)11-19(21)25)18(17)10-15(30-23)6-7-16-12-34-13-22(33)29-16/h3-7,10,16,19,21,31H,1,8-9,11-13H2,2H3,(H,29,33)/b7-6+/t16?,19-,21+/m0/s1. The number of carbonyl (C=O) groups is 1.